The average Bonchev–Trinajstić information content (AvgIpc) is 2.84. The molecule has 0 aliphatic rings. The second-order valence-electron chi connectivity index (χ2n) is 8.03. The minimum Gasteiger partial charge on any atom is -0.305 e. The first kappa shape index (κ1) is 22.3. The molecule has 0 amide bonds. The summed E-state index contributed by atoms with van der Waals surface area (Å²) < 4.78 is 0. The first-order valence-electron chi connectivity index (χ1n) is 11.1. The topological polar surface area (TPSA) is 15.3 Å². The van der Waals surface area contributed by atoms with Crippen LogP contribution in [0.3, 0.4) is 0 Å². The molecular formula is C29H29ClN2. The average molecular weight is 441 g/mol. The second-order valence-corrected chi connectivity index (χ2v) is 8.47. The molecule has 4 rings (SSSR count). The lowest BCUT2D eigenvalue weighted by atomic mass is 9.99. The third-order valence-electron chi connectivity index (χ3n) is 5.61. The van der Waals surface area contributed by atoms with E-state index in [1.165, 1.54) is 22.3 Å². The number of benzene rings is 4. The van der Waals surface area contributed by atoms with Gasteiger partial charge in [-0.15, -0.1) is 0 Å². The summed E-state index contributed by atoms with van der Waals surface area (Å²) in [6.07, 6.45) is 0. The molecule has 162 valence electrons. The van der Waals surface area contributed by atoms with Crippen LogP contribution in [0.5, 0.6) is 0 Å². The zero-order valence-corrected chi connectivity index (χ0v) is 19.0. The van der Waals surface area contributed by atoms with Crippen LogP contribution in [0.1, 0.15) is 28.3 Å². The Morgan fingerprint density at radius 3 is 1.59 bits per heavy atom. The van der Waals surface area contributed by atoms with Gasteiger partial charge < -0.3 is 5.32 Å². The van der Waals surface area contributed by atoms with Crippen molar-refractivity contribution in [3.8, 4) is 0 Å². The van der Waals surface area contributed by atoms with Crippen molar-refractivity contribution in [2.75, 3.05) is 13.1 Å². The van der Waals surface area contributed by atoms with Crippen molar-refractivity contribution in [2.24, 2.45) is 0 Å². The fraction of sp³-hybridized carbons (Fsp3) is 0.172. The van der Waals surface area contributed by atoms with Crippen LogP contribution in [0.2, 0.25) is 5.02 Å². The zero-order valence-electron chi connectivity index (χ0n) is 18.2. The monoisotopic (exact) mass is 440 g/mol. The Balaban J connectivity index is 1.47. The molecule has 2 nitrogen and oxygen atoms in total. The molecule has 4 aromatic carbocycles. The molecule has 0 aliphatic heterocycles. The summed E-state index contributed by atoms with van der Waals surface area (Å²) in [5.74, 6) is 0. The standard InChI is InChI=1S/C29H29ClN2/c30-28-18-16-27(17-19-28)29(26-14-8-3-9-15-26)31-20-21-32(22-24-10-4-1-5-11-24)23-25-12-6-2-7-13-25/h1-19,29,31H,20-23H2. The first-order valence-corrected chi connectivity index (χ1v) is 11.5. The lowest BCUT2D eigenvalue weighted by Gasteiger charge is -2.25. The Bertz CT molecular complexity index is 1010. The maximum Gasteiger partial charge on any atom is 0.0577 e. The molecule has 1 N–H and O–H groups in total. The van der Waals surface area contributed by atoms with Crippen LogP contribution < -0.4 is 5.32 Å². The molecule has 0 bridgehead atoms. The van der Waals surface area contributed by atoms with E-state index in [1.54, 1.807) is 0 Å². The van der Waals surface area contributed by atoms with Crippen LogP contribution in [-0.2, 0) is 13.1 Å². The summed E-state index contributed by atoms with van der Waals surface area (Å²) >= 11 is 6.14. The summed E-state index contributed by atoms with van der Waals surface area (Å²) in [4.78, 5) is 2.50. The van der Waals surface area contributed by atoms with Gasteiger partial charge in [0.15, 0.2) is 0 Å². The van der Waals surface area contributed by atoms with E-state index in [0.29, 0.717) is 0 Å². The van der Waals surface area contributed by atoms with E-state index in [0.717, 1.165) is 31.2 Å². The van der Waals surface area contributed by atoms with E-state index >= 15 is 0 Å². The predicted molar refractivity (Wildman–Crippen MR) is 135 cm³/mol. The summed E-state index contributed by atoms with van der Waals surface area (Å²) in [7, 11) is 0. The number of rotatable bonds is 10. The highest BCUT2D eigenvalue weighted by Gasteiger charge is 2.14. The van der Waals surface area contributed by atoms with Crippen molar-refractivity contribution in [1.29, 1.82) is 0 Å². The van der Waals surface area contributed by atoms with Gasteiger partial charge in [-0.05, 0) is 34.4 Å². The number of halogens is 1. The van der Waals surface area contributed by atoms with Gasteiger partial charge in [0, 0.05) is 31.2 Å². The first-order chi connectivity index (χ1) is 15.8. The molecule has 0 saturated heterocycles. The summed E-state index contributed by atoms with van der Waals surface area (Å²) in [6, 6.07) is 40.3. The highest BCUT2D eigenvalue weighted by atomic mass is 35.5. The molecule has 3 heteroatoms. The third-order valence-corrected chi connectivity index (χ3v) is 5.86. The van der Waals surface area contributed by atoms with Crippen LogP contribution in [0.4, 0.5) is 0 Å². The Hall–Kier alpha value is -2.91. The number of nitrogens with one attached hydrogen (secondary N) is 1. The van der Waals surface area contributed by atoms with E-state index in [4.69, 9.17) is 11.6 Å². The van der Waals surface area contributed by atoms with Crippen LogP contribution in [0.15, 0.2) is 115 Å². The minimum atomic E-state index is 0.128. The molecule has 4 aromatic rings. The Morgan fingerprint density at radius 2 is 1.06 bits per heavy atom. The third kappa shape index (κ3) is 6.54. The fourth-order valence-corrected chi connectivity index (χ4v) is 4.12. The van der Waals surface area contributed by atoms with Gasteiger partial charge in [-0.25, -0.2) is 0 Å². The molecule has 0 fully saturated rings. The van der Waals surface area contributed by atoms with Crippen LogP contribution >= 0.6 is 11.6 Å². The Labute approximate surface area is 196 Å². The van der Waals surface area contributed by atoms with Crippen molar-refractivity contribution in [1.82, 2.24) is 10.2 Å². The SMILES string of the molecule is Clc1ccc(C(NCCN(Cc2ccccc2)Cc2ccccc2)c2ccccc2)cc1. The number of hydrogen-bond donors (Lipinski definition) is 1. The molecule has 1 atom stereocenters. The molecule has 0 aliphatic carbocycles. The smallest absolute Gasteiger partial charge is 0.0577 e. The maximum atomic E-state index is 6.14. The van der Waals surface area contributed by atoms with Crippen LogP contribution in [0, 0.1) is 0 Å². The number of nitrogens with zero attached hydrogens (tertiary/aromatic N) is 1. The molecule has 0 spiro atoms. The van der Waals surface area contributed by atoms with E-state index in [-0.39, 0.29) is 6.04 Å². The molecular weight excluding hydrogens is 412 g/mol. The van der Waals surface area contributed by atoms with Crippen LogP contribution in [0.25, 0.3) is 0 Å². The van der Waals surface area contributed by atoms with Crippen LogP contribution in [-0.4, -0.2) is 18.0 Å². The van der Waals surface area contributed by atoms with Gasteiger partial charge >= 0.3 is 0 Å². The molecule has 1 unspecified atom stereocenters. The van der Waals surface area contributed by atoms with Gasteiger partial charge in [0.05, 0.1) is 6.04 Å². The zero-order chi connectivity index (χ0) is 22.0. The van der Waals surface area contributed by atoms with Gasteiger partial charge in [-0.3, -0.25) is 4.90 Å². The Morgan fingerprint density at radius 1 is 0.594 bits per heavy atom. The molecule has 0 heterocycles. The number of hydrogen-bond acceptors (Lipinski definition) is 2. The molecule has 32 heavy (non-hydrogen) atoms. The van der Waals surface area contributed by atoms with E-state index in [2.05, 4.69) is 113 Å². The quantitative estimate of drug-likeness (QED) is 0.294. The van der Waals surface area contributed by atoms with Gasteiger partial charge in [-0.2, -0.15) is 0 Å². The fourth-order valence-electron chi connectivity index (χ4n) is 3.99. The molecule has 0 saturated carbocycles. The van der Waals surface area contributed by atoms with Crippen molar-refractivity contribution in [3.63, 3.8) is 0 Å². The lowest BCUT2D eigenvalue weighted by molar-refractivity contribution is 0.254. The van der Waals surface area contributed by atoms with E-state index in [9.17, 15) is 0 Å². The summed E-state index contributed by atoms with van der Waals surface area (Å²) in [5.41, 5.74) is 5.15. The summed E-state index contributed by atoms with van der Waals surface area (Å²) in [6.45, 7) is 3.67. The largest absolute Gasteiger partial charge is 0.305 e. The minimum absolute atomic E-state index is 0.128. The highest BCUT2D eigenvalue weighted by Crippen LogP contribution is 2.23. The van der Waals surface area contributed by atoms with E-state index < -0.39 is 0 Å². The molecule has 0 aromatic heterocycles. The van der Waals surface area contributed by atoms with Crippen molar-refractivity contribution < 1.29 is 0 Å². The highest BCUT2D eigenvalue weighted by molar-refractivity contribution is 6.30. The van der Waals surface area contributed by atoms with Crippen molar-refractivity contribution in [2.45, 2.75) is 19.1 Å². The second kappa shape index (κ2) is 11.6. The van der Waals surface area contributed by atoms with Crippen molar-refractivity contribution >= 4 is 11.6 Å². The van der Waals surface area contributed by atoms with Crippen molar-refractivity contribution in [3.05, 3.63) is 143 Å². The van der Waals surface area contributed by atoms with Gasteiger partial charge in [0.25, 0.3) is 0 Å². The summed E-state index contributed by atoms with van der Waals surface area (Å²) in [5, 5.41) is 4.55. The predicted octanol–water partition coefficient (Wildman–Crippen LogP) is 6.72. The molecule has 0 radical (unpaired) electrons. The Kier molecular flexibility index (Phi) is 8.11. The maximum absolute atomic E-state index is 6.14. The normalized spacial score (nSPS) is 12.1. The van der Waals surface area contributed by atoms with E-state index in [1.807, 2.05) is 12.1 Å². The van der Waals surface area contributed by atoms with Gasteiger partial charge in [0.2, 0.25) is 0 Å². The van der Waals surface area contributed by atoms with Gasteiger partial charge in [-0.1, -0.05) is 115 Å². The van der Waals surface area contributed by atoms with Gasteiger partial charge in [0.1, 0.15) is 0 Å². The lowest BCUT2D eigenvalue weighted by Crippen LogP contribution is -2.33.